The third-order valence-electron chi connectivity index (χ3n) is 4.36. The van der Waals surface area contributed by atoms with E-state index in [0.717, 1.165) is 4.57 Å². The highest BCUT2D eigenvalue weighted by atomic mass is 32.1. The van der Waals surface area contributed by atoms with Crippen molar-refractivity contribution >= 4 is 40.0 Å². The van der Waals surface area contributed by atoms with Gasteiger partial charge in [0.15, 0.2) is 5.13 Å². The van der Waals surface area contributed by atoms with Crippen LogP contribution in [0.15, 0.2) is 69.9 Å². The molecule has 0 aliphatic carbocycles. The highest BCUT2D eigenvalue weighted by molar-refractivity contribution is 7.12. The Labute approximate surface area is 169 Å². The van der Waals surface area contributed by atoms with Gasteiger partial charge >= 0.3 is 5.97 Å². The molecule has 0 radical (unpaired) electrons. The number of thiazole rings is 1. The Kier molecular flexibility index (Phi) is 4.92. The first kappa shape index (κ1) is 18.6. The van der Waals surface area contributed by atoms with Gasteiger partial charge < -0.3 is 9.84 Å². The number of hydrogen-bond donors (Lipinski definition) is 1. The number of hydrogen-bond acceptors (Lipinski definition) is 7. The summed E-state index contributed by atoms with van der Waals surface area (Å²) in [6.07, 6.45) is 2.99. The number of fused-ring (bicyclic) bond motifs is 1. The van der Waals surface area contributed by atoms with Crippen LogP contribution < -0.4 is 5.56 Å². The molecule has 0 unspecified atom stereocenters. The van der Waals surface area contributed by atoms with E-state index in [9.17, 15) is 14.7 Å². The number of rotatable bonds is 4. The Morgan fingerprint density at radius 2 is 1.90 bits per heavy atom. The van der Waals surface area contributed by atoms with Crippen molar-refractivity contribution in [2.24, 2.45) is 4.99 Å². The number of carbonyl (C=O) groups excluding carboxylic acids is 1. The van der Waals surface area contributed by atoms with E-state index >= 15 is 0 Å². The fraction of sp³-hybridized carbons (Fsp3) is 0.0476. The van der Waals surface area contributed by atoms with Crippen molar-refractivity contribution in [2.45, 2.75) is 0 Å². The smallest absolute Gasteiger partial charge is 0.340 e. The summed E-state index contributed by atoms with van der Waals surface area (Å²) in [6.45, 7) is 0. The zero-order valence-electron chi connectivity index (χ0n) is 15.3. The van der Waals surface area contributed by atoms with Crippen LogP contribution in [0.5, 0.6) is 5.88 Å². The standard InChI is InChI=1S/C21H15N3O4S/c1-28-20(27)15-8-4-5-9-17(15)23-12-16-13-6-2-3-7-14(13)18(25)24(19(16)26)21-22-10-11-29-21/h2-12,26H,1H3. The van der Waals surface area contributed by atoms with Crippen LogP contribution in [0.2, 0.25) is 0 Å². The van der Waals surface area contributed by atoms with Crippen LogP contribution in [-0.2, 0) is 4.74 Å². The number of aromatic hydroxyl groups is 1. The molecule has 4 aromatic rings. The second-order valence-corrected chi connectivity index (χ2v) is 6.88. The predicted molar refractivity (Wildman–Crippen MR) is 112 cm³/mol. The molecule has 1 N–H and O–H groups in total. The molecule has 0 spiro atoms. The Bertz CT molecular complexity index is 1290. The molecule has 7 nitrogen and oxygen atoms in total. The number of aromatic nitrogens is 2. The second kappa shape index (κ2) is 7.69. The summed E-state index contributed by atoms with van der Waals surface area (Å²) in [5, 5.41) is 13.9. The number of carbonyl (C=O) groups is 1. The third-order valence-corrected chi connectivity index (χ3v) is 5.11. The van der Waals surface area contributed by atoms with E-state index in [-0.39, 0.29) is 11.4 Å². The molecule has 2 heterocycles. The Morgan fingerprint density at radius 3 is 2.62 bits per heavy atom. The molecule has 0 saturated heterocycles. The molecule has 0 saturated carbocycles. The van der Waals surface area contributed by atoms with Crippen molar-refractivity contribution in [3.63, 3.8) is 0 Å². The zero-order chi connectivity index (χ0) is 20.4. The topological polar surface area (TPSA) is 93.8 Å². The molecule has 0 amide bonds. The molecule has 0 bridgehead atoms. The molecule has 29 heavy (non-hydrogen) atoms. The van der Waals surface area contributed by atoms with Crippen molar-refractivity contribution in [3.8, 4) is 11.0 Å². The number of methoxy groups -OCH3 is 1. The van der Waals surface area contributed by atoms with Crippen LogP contribution in [0.25, 0.3) is 15.9 Å². The van der Waals surface area contributed by atoms with Gasteiger partial charge in [0, 0.05) is 28.6 Å². The van der Waals surface area contributed by atoms with Crippen LogP contribution in [0.3, 0.4) is 0 Å². The Hall–Kier alpha value is -3.78. The van der Waals surface area contributed by atoms with Gasteiger partial charge in [0.05, 0.1) is 23.9 Å². The van der Waals surface area contributed by atoms with E-state index in [0.29, 0.717) is 32.7 Å². The summed E-state index contributed by atoms with van der Waals surface area (Å²) in [7, 11) is 1.30. The summed E-state index contributed by atoms with van der Waals surface area (Å²) >= 11 is 1.23. The van der Waals surface area contributed by atoms with Crippen LogP contribution in [-0.4, -0.2) is 34.0 Å². The monoisotopic (exact) mass is 405 g/mol. The van der Waals surface area contributed by atoms with E-state index in [1.54, 1.807) is 60.1 Å². The van der Waals surface area contributed by atoms with Gasteiger partial charge in [0.2, 0.25) is 5.88 Å². The molecule has 8 heteroatoms. The molecule has 0 fully saturated rings. The predicted octanol–water partition coefficient (Wildman–Crippen LogP) is 3.69. The van der Waals surface area contributed by atoms with Crippen LogP contribution in [0.1, 0.15) is 15.9 Å². The van der Waals surface area contributed by atoms with Gasteiger partial charge in [-0.3, -0.25) is 9.79 Å². The number of ether oxygens (including phenoxy) is 1. The van der Waals surface area contributed by atoms with Gasteiger partial charge in [-0.05, 0) is 18.2 Å². The minimum Gasteiger partial charge on any atom is -0.494 e. The van der Waals surface area contributed by atoms with Crippen molar-refractivity contribution in [2.75, 3.05) is 7.11 Å². The largest absolute Gasteiger partial charge is 0.494 e. The first-order valence-corrected chi connectivity index (χ1v) is 9.47. The summed E-state index contributed by atoms with van der Waals surface area (Å²) < 4.78 is 5.95. The maximum Gasteiger partial charge on any atom is 0.340 e. The maximum absolute atomic E-state index is 12.9. The fourth-order valence-electron chi connectivity index (χ4n) is 3.00. The van der Waals surface area contributed by atoms with E-state index in [2.05, 4.69) is 9.98 Å². The number of benzene rings is 2. The number of aliphatic imine (C=N–C) groups is 1. The zero-order valence-corrected chi connectivity index (χ0v) is 16.1. The highest BCUT2D eigenvalue weighted by Gasteiger charge is 2.18. The Balaban J connectivity index is 1.95. The molecule has 2 aromatic carbocycles. The molecule has 0 atom stereocenters. The summed E-state index contributed by atoms with van der Waals surface area (Å²) in [4.78, 5) is 33.4. The molecule has 4 rings (SSSR count). The van der Waals surface area contributed by atoms with E-state index in [1.165, 1.54) is 24.7 Å². The number of pyridine rings is 1. The van der Waals surface area contributed by atoms with Crippen molar-refractivity contribution < 1.29 is 14.6 Å². The fourth-order valence-corrected chi connectivity index (χ4v) is 3.64. The lowest BCUT2D eigenvalue weighted by atomic mass is 10.1. The lowest BCUT2D eigenvalue weighted by Crippen LogP contribution is -2.19. The van der Waals surface area contributed by atoms with Crippen LogP contribution in [0, 0.1) is 0 Å². The van der Waals surface area contributed by atoms with Gasteiger partial charge in [0.25, 0.3) is 5.56 Å². The Morgan fingerprint density at radius 1 is 1.17 bits per heavy atom. The summed E-state index contributed by atoms with van der Waals surface area (Å²) in [5.41, 5.74) is 0.647. The quantitative estimate of drug-likeness (QED) is 0.413. The molecule has 0 aliphatic heterocycles. The van der Waals surface area contributed by atoms with Crippen molar-refractivity contribution in [1.82, 2.24) is 9.55 Å². The van der Waals surface area contributed by atoms with Gasteiger partial charge in [-0.15, -0.1) is 11.3 Å². The van der Waals surface area contributed by atoms with Crippen LogP contribution >= 0.6 is 11.3 Å². The second-order valence-electron chi connectivity index (χ2n) is 6.01. The molecule has 0 aliphatic rings. The summed E-state index contributed by atoms with van der Waals surface area (Å²) in [5.74, 6) is -0.789. The molecular formula is C21H15N3O4S. The van der Waals surface area contributed by atoms with E-state index in [1.807, 2.05) is 0 Å². The van der Waals surface area contributed by atoms with Gasteiger partial charge in [0.1, 0.15) is 0 Å². The van der Waals surface area contributed by atoms with Crippen molar-refractivity contribution in [1.29, 1.82) is 0 Å². The van der Waals surface area contributed by atoms with E-state index < -0.39 is 5.97 Å². The average molecular weight is 405 g/mol. The van der Waals surface area contributed by atoms with Gasteiger partial charge in [-0.25, -0.2) is 14.3 Å². The number of para-hydroxylation sites is 1. The molecular weight excluding hydrogens is 390 g/mol. The lowest BCUT2D eigenvalue weighted by molar-refractivity contribution is 0.0601. The van der Waals surface area contributed by atoms with Gasteiger partial charge in [-0.1, -0.05) is 30.3 Å². The summed E-state index contributed by atoms with van der Waals surface area (Å²) in [6, 6.07) is 13.7. The number of esters is 1. The lowest BCUT2D eigenvalue weighted by Gasteiger charge is -2.11. The number of nitrogens with zero attached hydrogens (tertiary/aromatic N) is 3. The van der Waals surface area contributed by atoms with E-state index in [4.69, 9.17) is 4.74 Å². The SMILES string of the molecule is COC(=O)c1ccccc1N=Cc1c(O)n(-c2nccs2)c(=O)c2ccccc12. The van der Waals surface area contributed by atoms with Gasteiger partial charge in [-0.2, -0.15) is 0 Å². The van der Waals surface area contributed by atoms with Crippen molar-refractivity contribution in [3.05, 3.63) is 81.6 Å². The normalized spacial score (nSPS) is 11.2. The highest BCUT2D eigenvalue weighted by Crippen LogP contribution is 2.28. The molecule has 2 aromatic heterocycles. The minimum absolute atomic E-state index is 0.275. The first-order valence-electron chi connectivity index (χ1n) is 8.60. The average Bonchev–Trinajstić information content (AvgIpc) is 3.28. The first-order chi connectivity index (χ1) is 14.1. The molecule has 144 valence electrons. The third kappa shape index (κ3) is 3.30. The maximum atomic E-state index is 12.9. The van der Waals surface area contributed by atoms with Crippen LogP contribution in [0.4, 0.5) is 5.69 Å². The minimum atomic E-state index is -0.514.